The first-order valence-corrected chi connectivity index (χ1v) is 12.9. The molecule has 0 fully saturated rings. The molecule has 1 aliphatic heterocycles. The van der Waals surface area contributed by atoms with Gasteiger partial charge in [-0.15, -0.1) is 0 Å². The van der Waals surface area contributed by atoms with Gasteiger partial charge in [0.2, 0.25) is 0 Å². The van der Waals surface area contributed by atoms with Crippen LogP contribution in [0.1, 0.15) is 36.5 Å². The predicted molar refractivity (Wildman–Crippen MR) is 148 cm³/mol. The van der Waals surface area contributed by atoms with Gasteiger partial charge in [0.1, 0.15) is 18.1 Å². The average Bonchev–Trinajstić information content (AvgIpc) is 2.97. The summed E-state index contributed by atoms with van der Waals surface area (Å²) in [6.45, 7) is 4.76. The first kappa shape index (κ1) is 27.5. The number of rotatable bonds is 11. The first-order chi connectivity index (χ1) is 19.0. The standard InChI is InChI=1S/C32H33NO6/c1-4-37-31(34)28-20-33(19-23-14-16-26(36-3)17-15-23)21-29(32(35)38-5-2)30(28)25-12-9-13-27(18-25)39-22-24-10-7-6-8-11-24/h6-18,20-21,30H,4-5,19,22H2,1-3H3. The molecular weight excluding hydrogens is 494 g/mol. The highest BCUT2D eigenvalue weighted by atomic mass is 16.5. The zero-order chi connectivity index (χ0) is 27.6. The van der Waals surface area contributed by atoms with Crippen LogP contribution in [-0.4, -0.2) is 37.2 Å². The van der Waals surface area contributed by atoms with E-state index >= 15 is 0 Å². The normalized spacial score (nSPS) is 13.3. The van der Waals surface area contributed by atoms with Crippen LogP contribution in [0.25, 0.3) is 0 Å². The Bertz CT molecular complexity index is 1290. The van der Waals surface area contributed by atoms with Crippen molar-refractivity contribution < 1.29 is 28.5 Å². The third-order valence-corrected chi connectivity index (χ3v) is 6.22. The highest BCUT2D eigenvalue weighted by Gasteiger charge is 2.35. The third-order valence-electron chi connectivity index (χ3n) is 6.22. The van der Waals surface area contributed by atoms with Crippen LogP contribution in [0.5, 0.6) is 11.5 Å². The van der Waals surface area contributed by atoms with E-state index in [9.17, 15) is 9.59 Å². The van der Waals surface area contributed by atoms with Crippen LogP contribution in [0.3, 0.4) is 0 Å². The Balaban J connectivity index is 1.69. The van der Waals surface area contributed by atoms with Gasteiger partial charge in [0.15, 0.2) is 0 Å². The molecule has 202 valence electrons. The molecule has 0 bridgehead atoms. The van der Waals surface area contributed by atoms with Crippen LogP contribution in [0, 0.1) is 0 Å². The fraction of sp³-hybridized carbons (Fsp3) is 0.250. The summed E-state index contributed by atoms with van der Waals surface area (Å²) in [4.78, 5) is 28.3. The van der Waals surface area contributed by atoms with Crippen molar-refractivity contribution in [3.63, 3.8) is 0 Å². The summed E-state index contributed by atoms with van der Waals surface area (Å²) < 4.78 is 22.1. The fourth-order valence-electron chi connectivity index (χ4n) is 4.40. The molecule has 0 unspecified atom stereocenters. The van der Waals surface area contributed by atoms with Crippen LogP contribution in [0.2, 0.25) is 0 Å². The van der Waals surface area contributed by atoms with Crippen molar-refractivity contribution in [2.45, 2.75) is 32.9 Å². The topological polar surface area (TPSA) is 74.3 Å². The average molecular weight is 528 g/mol. The van der Waals surface area contributed by atoms with Gasteiger partial charge in [0.25, 0.3) is 0 Å². The summed E-state index contributed by atoms with van der Waals surface area (Å²) >= 11 is 0. The van der Waals surface area contributed by atoms with Gasteiger partial charge in [0, 0.05) is 18.9 Å². The maximum Gasteiger partial charge on any atom is 0.336 e. The molecule has 7 heteroatoms. The van der Waals surface area contributed by atoms with E-state index in [4.69, 9.17) is 18.9 Å². The molecule has 0 aliphatic carbocycles. The van der Waals surface area contributed by atoms with Crippen molar-refractivity contribution in [3.8, 4) is 11.5 Å². The van der Waals surface area contributed by atoms with Crippen molar-refractivity contribution in [2.75, 3.05) is 20.3 Å². The van der Waals surface area contributed by atoms with Gasteiger partial charge in [-0.05, 0) is 54.8 Å². The van der Waals surface area contributed by atoms with E-state index in [1.807, 2.05) is 83.8 Å². The first-order valence-electron chi connectivity index (χ1n) is 12.9. The molecule has 4 rings (SSSR count). The van der Waals surface area contributed by atoms with Gasteiger partial charge in [-0.2, -0.15) is 0 Å². The molecule has 0 radical (unpaired) electrons. The Hall–Kier alpha value is -4.52. The van der Waals surface area contributed by atoms with E-state index in [0.717, 1.165) is 22.4 Å². The maximum atomic E-state index is 13.2. The van der Waals surface area contributed by atoms with E-state index in [1.165, 1.54) is 0 Å². The molecule has 1 aliphatic rings. The van der Waals surface area contributed by atoms with Crippen molar-refractivity contribution in [1.82, 2.24) is 4.90 Å². The molecule has 0 spiro atoms. The fourth-order valence-corrected chi connectivity index (χ4v) is 4.40. The Morgan fingerprint density at radius 2 is 1.38 bits per heavy atom. The lowest BCUT2D eigenvalue weighted by Gasteiger charge is -2.30. The number of esters is 2. The van der Waals surface area contributed by atoms with Crippen LogP contribution in [-0.2, 0) is 32.2 Å². The Labute approximate surface area is 229 Å². The van der Waals surface area contributed by atoms with E-state index in [2.05, 4.69) is 0 Å². The number of nitrogens with zero attached hydrogens (tertiary/aromatic N) is 1. The Morgan fingerprint density at radius 3 is 1.97 bits per heavy atom. The SMILES string of the molecule is CCOC(=O)C1=CN(Cc2ccc(OC)cc2)C=C(C(=O)OCC)C1c1cccc(OCc2ccccc2)c1. The van der Waals surface area contributed by atoms with Crippen LogP contribution >= 0.6 is 0 Å². The van der Waals surface area contributed by atoms with Crippen molar-refractivity contribution >= 4 is 11.9 Å². The van der Waals surface area contributed by atoms with E-state index < -0.39 is 17.9 Å². The van der Waals surface area contributed by atoms with Crippen LogP contribution < -0.4 is 9.47 Å². The molecule has 0 saturated heterocycles. The molecule has 0 saturated carbocycles. The number of carbonyl (C=O) groups is 2. The molecule has 3 aromatic carbocycles. The Morgan fingerprint density at radius 1 is 0.744 bits per heavy atom. The number of carbonyl (C=O) groups excluding carboxylic acids is 2. The molecule has 0 amide bonds. The monoisotopic (exact) mass is 527 g/mol. The van der Waals surface area contributed by atoms with Crippen LogP contribution in [0.4, 0.5) is 0 Å². The van der Waals surface area contributed by atoms with E-state index in [1.54, 1.807) is 33.4 Å². The number of methoxy groups -OCH3 is 1. The van der Waals surface area contributed by atoms with Crippen molar-refractivity contribution in [2.24, 2.45) is 0 Å². The van der Waals surface area contributed by atoms with Crippen molar-refractivity contribution in [1.29, 1.82) is 0 Å². The third kappa shape index (κ3) is 7.08. The largest absolute Gasteiger partial charge is 0.497 e. The predicted octanol–water partition coefficient (Wildman–Crippen LogP) is 5.77. The van der Waals surface area contributed by atoms with Gasteiger partial charge in [-0.3, -0.25) is 0 Å². The second-order valence-electron chi connectivity index (χ2n) is 8.91. The van der Waals surface area contributed by atoms with Crippen molar-refractivity contribution in [3.05, 3.63) is 119 Å². The zero-order valence-corrected chi connectivity index (χ0v) is 22.5. The maximum absolute atomic E-state index is 13.2. The lowest BCUT2D eigenvalue weighted by atomic mass is 9.83. The smallest absolute Gasteiger partial charge is 0.336 e. The van der Waals surface area contributed by atoms with Gasteiger partial charge >= 0.3 is 11.9 Å². The zero-order valence-electron chi connectivity index (χ0n) is 22.5. The molecular formula is C32H33NO6. The highest BCUT2D eigenvalue weighted by Crippen LogP contribution is 2.39. The minimum atomic E-state index is -0.685. The summed E-state index contributed by atoms with van der Waals surface area (Å²) in [5.74, 6) is -0.295. The number of hydrogen-bond donors (Lipinski definition) is 0. The summed E-state index contributed by atoms with van der Waals surface area (Å²) in [6.07, 6.45) is 3.49. The minimum absolute atomic E-state index is 0.208. The highest BCUT2D eigenvalue weighted by molar-refractivity contribution is 5.98. The minimum Gasteiger partial charge on any atom is -0.497 e. The van der Waals surface area contributed by atoms with Gasteiger partial charge < -0.3 is 23.8 Å². The Kier molecular flexibility index (Phi) is 9.40. The molecule has 0 aromatic heterocycles. The molecule has 0 N–H and O–H groups in total. The quantitative estimate of drug-likeness (QED) is 0.293. The number of hydrogen-bond acceptors (Lipinski definition) is 7. The number of ether oxygens (including phenoxy) is 4. The number of benzene rings is 3. The molecule has 3 aromatic rings. The van der Waals surface area contributed by atoms with Gasteiger partial charge in [-0.1, -0.05) is 54.6 Å². The molecule has 39 heavy (non-hydrogen) atoms. The van der Waals surface area contributed by atoms with Gasteiger partial charge in [0.05, 0.1) is 37.4 Å². The van der Waals surface area contributed by atoms with E-state index in [-0.39, 0.29) is 13.2 Å². The molecule has 1 heterocycles. The van der Waals surface area contributed by atoms with Crippen LogP contribution in [0.15, 0.2) is 102 Å². The second-order valence-corrected chi connectivity index (χ2v) is 8.91. The van der Waals surface area contributed by atoms with Gasteiger partial charge in [-0.25, -0.2) is 9.59 Å². The summed E-state index contributed by atoms with van der Waals surface area (Å²) in [6, 6.07) is 24.9. The lowest BCUT2D eigenvalue weighted by Crippen LogP contribution is -2.29. The summed E-state index contributed by atoms with van der Waals surface area (Å²) in [7, 11) is 1.62. The molecule has 7 nitrogen and oxygen atoms in total. The lowest BCUT2D eigenvalue weighted by molar-refractivity contribution is -0.139. The summed E-state index contributed by atoms with van der Waals surface area (Å²) in [5, 5.41) is 0. The summed E-state index contributed by atoms with van der Waals surface area (Å²) in [5.41, 5.74) is 3.42. The van der Waals surface area contributed by atoms with E-state index in [0.29, 0.717) is 30.0 Å². The second kappa shape index (κ2) is 13.3. The molecule has 0 atom stereocenters.